The van der Waals surface area contributed by atoms with Crippen LogP contribution < -0.4 is 0 Å². The van der Waals surface area contributed by atoms with Crippen LogP contribution in [0.5, 0.6) is 0 Å². The molecule has 1 saturated heterocycles. The quantitative estimate of drug-likeness (QED) is 0.646. The summed E-state index contributed by atoms with van der Waals surface area (Å²) in [4.78, 5) is 2.48. The van der Waals surface area contributed by atoms with Crippen molar-refractivity contribution in [3.05, 3.63) is 23.3 Å². The molecule has 170 valence electrons. The van der Waals surface area contributed by atoms with Crippen LogP contribution in [0.4, 0.5) is 0 Å². The van der Waals surface area contributed by atoms with E-state index in [1.165, 1.54) is 37.7 Å². The largest absolute Gasteiger partial charge is 0.393 e. The van der Waals surface area contributed by atoms with Crippen LogP contribution in [-0.2, 0) is 0 Å². The molecule has 0 bridgehead atoms. The second-order valence-electron chi connectivity index (χ2n) is 11.6. The maximum Gasteiger partial charge on any atom is 0.0758 e. The van der Waals surface area contributed by atoms with Gasteiger partial charge in [0.15, 0.2) is 0 Å². The van der Waals surface area contributed by atoms with E-state index in [1.807, 2.05) is 6.92 Å². The molecule has 0 spiro atoms. The minimum absolute atomic E-state index is 0.385. The van der Waals surface area contributed by atoms with Crippen LogP contribution >= 0.6 is 0 Å². The maximum atomic E-state index is 10.3. The van der Waals surface area contributed by atoms with E-state index in [1.54, 1.807) is 5.57 Å². The van der Waals surface area contributed by atoms with Crippen LogP contribution in [0.15, 0.2) is 23.3 Å². The number of aliphatic hydroxyl groups excluding tert-OH is 2. The third kappa shape index (κ3) is 4.72. The molecular formula is C26H43NO3. The molecule has 3 saturated carbocycles. The van der Waals surface area contributed by atoms with Crippen LogP contribution in [-0.4, -0.2) is 57.7 Å². The highest BCUT2D eigenvalue weighted by molar-refractivity contribution is 5.26. The number of β-amino-alcohol motifs (C(OH)–C–C–N with tert-alkyl or cyclic N) is 1. The van der Waals surface area contributed by atoms with Crippen LogP contribution in [0.25, 0.3) is 0 Å². The molecule has 3 aliphatic carbocycles. The molecular weight excluding hydrogens is 374 g/mol. The van der Waals surface area contributed by atoms with Crippen molar-refractivity contribution in [1.29, 1.82) is 0 Å². The smallest absolute Gasteiger partial charge is 0.0758 e. The molecule has 4 fully saturated rings. The third-order valence-electron chi connectivity index (χ3n) is 8.87. The third-order valence-corrected chi connectivity index (χ3v) is 8.87. The van der Waals surface area contributed by atoms with Crippen molar-refractivity contribution in [3.63, 3.8) is 0 Å². The van der Waals surface area contributed by atoms with E-state index in [9.17, 15) is 15.3 Å². The Hall–Kier alpha value is -0.680. The fourth-order valence-electron chi connectivity index (χ4n) is 7.47. The fraction of sp³-hybridized carbons (Fsp3) is 0.846. The Balaban J connectivity index is 1.44. The summed E-state index contributed by atoms with van der Waals surface area (Å²) in [5.41, 5.74) is 2.68. The molecule has 30 heavy (non-hydrogen) atoms. The highest BCUT2D eigenvalue weighted by Gasteiger charge is 2.51. The van der Waals surface area contributed by atoms with Gasteiger partial charge in [-0.3, -0.25) is 0 Å². The molecule has 4 nitrogen and oxygen atoms in total. The molecule has 4 heteroatoms. The van der Waals surface area contributed by atoms with E-state index in [2.05, 4.69) is 30.9 Å². The van der Waals surface area contributed by atoms with E-state index in [-0.39, 0.29) is 0 Å². The summed E-state index contributed by atoms with van der Waals surface area (Å²) in [6.07, 6.45) is 13.0. The zero-order valence-electron chi connectivity index (χ0n) is 19.3. The number of nitrogens with zero attached hydrogens (tertiary/aromatic N) is 1. The topological polar surface area (TPSA) is 63.9 Å². The first-order valence-electron chi connectivity index (χ1n) is 12.4. The fourth-order valence-corrected chi connectivity index (χ4v) is 7.47. The second kappa shape index (κ2) is 8.69. The minimum atomic E-state index is -0.504. The van der Waals surface area contributed by atoms with Gasteiger partial charge in [0, 0.05) is 19.6 Å². The number of hydrogen-bond acceptors (Lipinski definition) is 4. The van der Waals surface area contributed by atoms with Gasteiger partial charge in [0.2, 0.25) is 0 Å². The molecule has 7 atom stereocenters. The molecule has 1 heterocycles. The van der Waals surface area contributed by atoms with E-state index in [0.29, 0.717) is 36.5 Å². The number of aliphatic hydroxyl groups is 3. The molecule has 3 N–H and O–H groups in total. The Kier molecular flexibility index (Phi) is 6.52. The Morgan fingerprint density at radius 2 is 1.83 bits per heavy atom. The van der Waals surface area contributed by atoms with Crippen LogP contribution in [0.3, 0.4) is 0 Å². The van der Waals surface area contributed by atoms with Crippen LogP contribution in [0, 0.1) is 23.2 Å². The Bertz CT molecular complexity index is 672. The van der Waals surface area contributed by atoms with Crippen molar-refractivity contribution < 1.29 is 15.3 Å². The van der Waals surface area contributed by atoms with Crippen molar-refractivity contribution in [2.75, 3.05) is 19.6 Å². The van der Waals surface area contributed by atoms with Gasteiger partial charge >= 0.3 is 0 Å². The van der Waals surface area contributed by atoms with Gasteiger partial charge in [0.25, 0.3) is 0 Å². The summed E-state index contributed by atoms with van der Waals surface area (Å²) < 4.78 is 0. The summed E-state index contributed by atoms with van der Waals surface area (Å²) in [7, 11) is 0. The zero-order chi connectivity index (χ0) is 21.5. The molecule has 0 aromatic heterocycles. The first-order chi connectivity index (χ1) is 14.2. The lowest BCUT2D eigenvalue weighted by Crippen LogP contribution is -2.40. The molecule has 0 unspecified atom stereocenters. The predicted octanol–water partition coefficient (Wildman–Crippen LogP) is 4.05. The van der Waals surface area contributed by atoms with Crippen molar-refractivity contribution >= 4 is 0 Å². The number of fused-ring (bicyclic) bond motifs is 1. The lowest BCUT2D eigenvalue weighted by molar-refractivity contribution is 0.0547. The SMILES string of the molecule is C[C@H](CN1CC[C@@](C)(O)C1)[C@H]1CC[C@H]2C(=CC=C3C[C@@H](O)C[C@@H](O)C3)CCC[C@]12C. The van der Waals surface area contributed by atoms with Crippen molar-refractivity contribution in [1.82, 2.24) is 4.90 Å². The highest BCUT2D eigenvalue weighted by atomic mass is 16.3. The first-order valence-corrected chi connectivity index (χ1v) is 12.4. The van der Waals surface area contributed by atoms with Crippen LogP contribution in [0.1, 0.15) is 78.6 Å². The Morgan fingerprint density at radius 3 is 2.50 bits per heavy atom. The normalized spacial score (nSPS) is 46.5. The van der Waals surface area contributed by atoms with E-state index < -0.39 is 17.8 Å². The Morgan fingerprint density at radius 1 is 1.10 bits per heavy atom. The van der Waals surface area contributed by atoms with Gasteiger partial charge in [-0.25, -0.2) is 0 Å². The van der Waals surface area contributed by atoms with Gasteiger partial charge < -0.3 is 20.2 Å². The summed E-state index contributed by atoms with van der Waals surface area (Å²) in [5.74, 6) is 2.09. The average Bonchev–Trinajstić information content (AvgIpc) is 3.18. The Labute approximate surface area is 183 Å². The average molecular weight is 418 g/mol. The minimum Gasteiger partial charge on any atom is -0.393 e. The summed E-state index contributed by atoms with van der Waals surface area (Å²) >= 11 is 0. The van der Waals surface area contributed by atoms with Gasteiger partial charge in [-0.1, -0.05) is 37.1 Å². The van der Waals surface area contributed by atoms with Gasteiger partial charge in [-0.15, -0.1) is 0 Å². The van der Waals surface area contributed by atoms with Crippen molar-refractivity contribution in [2.45, 2.75) is 96.4 Å². The monoisotopic (exact) mass is 417 g/mol. The second-order valence-corrected chi connectivity index (χ2v) is 11.6. The van der Waals surface area contributed by atoms with Gasteiger partial charge in [-0.05, 0) is 87.9 Å². The first kappa shape index (κ1) is 22.5. The summed E-state index contributed by atoms with van der Waals surface area (Å²) in [5, 5.41) is 30.3. The standard InChI is InChI=1S/C26H43NO3/c1-18(16-27-12-11-25(2,30)17-27)23-8-9-24-20(5-4-10-26(23,24)3)7-6-19-13-21(28)15-22(29)14-19/h6-7,18,21-24,28-30H,4-5,8-17H2,1-3H3/t18-,21-,22+,23-,24+,25-,26-/m1/s1. The molecule has 0 amide bonds. The van der Waals surface area contributed by atoms with E-state index in [0.717, 1.165) is 32.0 Å². The molecule has 1 aliphatic heterocycles. The molecule has 4 aliphatic rings. The molecule has 0 aromatic carbocycles. The lowest BCUT2D eigenvalue weighted by Gasteiger charge is -2.45. The number of allylic oxidation sites excluding steroid dienone is 3. The summed E-state index contributed by atoms with van der Waals surface area (Å²) in [6.45, 7) is 9.92. The van der Waals surface area contributed by atoms with Crippen LogP contribution in [0.2, 0.25) is 0 Å². The molecule has 0 radical (unpaired) electrons. The number of hydrogen-bond donors (Lipinski definition) is 3. The van der Waals surface area contributed by atoms with E-state index in [4.69, 9.17) is 0 Å². The van der Waals surface area contributed by atoms with Crippen molar-refractivity contribution in [3.8, 4) is 0 Å². The zero-order valence-corrected chi connectivity index (χ0v) is 19.3. The number of likely N-dealkylation sites (tertiary alicyclic amines) is 1. The lowest BCUT2D eigenvalue weighted by atomic mass is 9.61. The van der Waals surface area contributed by atoms with Crippen molar-refractivity contribution in [2.24, 2.45) is 23.2 Å². The predicted molar refractivity (Wildman–Crippen MR) is 121 cm³/mol. The van der Waals surface area contributed by atoms with Gasteiger partial charge in [0.05, 0.1) is 17.8 Å². The van der Waals surface area contributed by atoms with Gasteiger partial charge in [0.1, 0.15) is 0 Å². The number of rotatable bonds is 4. The maximum absolute atomic E-state index is 10.3. The summed E-state index contributed by atoms with van der Waals surface area (Å²) in [6, 6.07) is 0. The molecule has 4 rings (SSSR count). The highest BCUT2D eigenvalue weighted by Crippen LogP contribution is 2.59. The van der Waals surface area contributed by atoms with Gasteiger partial charge in [-0.2, -0.15) is 0 Å². The molecule has 0 aromatic rings. The van der Waals surface area contributed by atoms with E-state index >= 15 is 0 Å².